The molecule has 3 atom stereocenters. The summed E-state index contributed by atoms with van der Waals surface area (Å²) < 4.78 is 11.3. The highest BCUT2D eigenvalue weighted by atomic mass is 16.6. The summed E-state index contributed by atoms with van der Waals surface area (Å²) in [6, 6.07) is 15.4. The van der Waals surface area contributed by atoms with Gasteiger partial charge in [0.15, 0.2) is 11.5 Å². The lowest BCUT2D eigenvalue weighted by atomic mass is 9.84. The van der Waals surface area contributed by atoms with Crippen molar-refractivity contribution in [3.05, 3.63) is 59.2 Å². The van der Waals surface area contributed by atoms with Crippen LogP contribution in [0.15, 0.2) is 42.5 Å². The summed E-state index contributed by atoms with van der Waals surface area (Å²) in [4.78, 5) is 15.5. The highest BCUT2D eigenvalue weighted by Gasteiger charge is 2.43. The highest BCUT2D eigenvalue weighted by molar-refractivity contribution is 5.95. The van der Waals surface area contributed by atoms with Crippen molar-refractivity contribution in [1.29, 1.82) is 0 Å². The van der Waals surface area contributed by atoms with Crippen molar-refractivity contribution >= 4 is 5.91 Å². The Morgan fingerprint density at radius 3 is 2.24 bits per heavy atom. The topological polar surface area (TPSA) is 38.8 Å². The van der Waals surface area contributed by atoms with Crippen LogP contribution in [0.4, 0.5) is 0 Å². The molecular weight excluding hydrogens is 362 g/mol. The second-order valence-electron chi connectivity index (χ2n) is 8.95. The SMILES string of the molecule is CC(C)c1ccc(C2C[C@H]3CC[C@@H](C2)N3C(=O)c2ccc3c(c2)OCCO3)cc1. The molecule has 0 N–H and O–H groups in total. The predicted molar refractivity (Wildman–Crippen MR) is 113 cm³/mol. The average molecular weight is 392 g/mol. The fraction of sp³-hybridized carbons (Fsp3) is 0.480. The first-order valence-corrected chi connectivity index (χ1v) is 10.9. The third-order valence-corrected chi connectivity index (χ3v) is 6.83. The van der Waals surface area contributed by atoms with Crippen molar-refractivity contribution in [2.45, 2.75) is 63.5 Å². The number of rotatable bonds is 3. The van der Waals surface area contributed by atoms with Gasteiger partial charge in [0.2, 0.25) is 0 Å². The zero-order chi connectivity index (χ0) is 20.0. The molecule has 2 saturated heterocycles. The van der Waals surface area contributed by atoms with E-state index in [1.165, 1.54) is 11.1 Å². The fourth-order valence-electron chi connectivity index (χ4n) is 5.26. The van der Waals surface area contributed by atoms with E-state index in [1.54, 1.807) is 0 Å². The van der Waals surface area contributed by atoms with Crippen LogP contribution < -0.4 is 9.47 Å². The van der Waals surface area contributed by atoms with Crippen molar-refractivity contribution in [2.24, 2.45) is 0 Å². The molecule has 0 spiro atoms. The summed E-state index contributed by atoms with van der Waals surface area (Å²) in [5.74, 6) is 2.68. The number of carbonyl (C=O) groups is 1. The Bertz CT molecular complexity index is 891. The van der Waals surface area contributed by atoms with E-state index >= 15 is 0 Å². The van der Waals surface area contributed by atoms with Gasteiger partial charge in [0.05, 0.1) is 0 Å². The molecule has 0 aliphatic carbocycles. The van der Waals surface area contributed by atoms with E-state index in [1.807, 2.05) is 18.2 Å². The first kappa shape index (κ1) is 18.5. The van der Waals surface area contributed by atoms with Crippen molar-refractivity contribution in [2.75, 3.05) is 13.2 Å². The molecule has 0 radical (unpaired) electrons. The normalized spacial score (nSPS) is 25.3. The molecule has 2 aromatic carbocycles. The number of piperidine rings is 1. The summed E-state index contributed by atoms with van der Waals surface area (Å²) in [7, 11) is 0. The first-order valence-electron chi connectivity index (χ1n) is 10.9. The number of amides is 1. The highest BCUT2D eigenvalue weighted by Crippen LogP contribution is 2.44. The van der Waals surface area contributed by atoms with Crippen LogP contribution in [0, 0.1) is 0 Å². The van der Waals surface area contributed by atoms with Crippen molar-refractivity contribution in [3.8, 4) is 11.5 Å². The molecule has 0 saturated carbocycles. The molecule has 4 heteroatoms. The maximum atomic E-state index is 13.3. The molecular formula is C25H29NO3. The Hall–Kier alpha value is -2.49. The third-order valence-electron chi connectivity index (χ3n) is 6.83. The van der Waals surface area contributed by atoms with Gasteiger partial charge in [-0.25, -0.2) is 0 Å². The second-order valence-corrected chi connectivity index (χ2v) is 8.95. The summed E-state index contributed by atoms with van der Waals surface area (Å²) in [6.07, 6.45) is 4.35. The van der Waals surface area contributed by atoms with Crippen LogP contribution in [0.3, 0.4) is 0 Å². The molecule has 4 nitrogen and oxygen atoms in total. The lowest BCUT2D eigenvalue weighted by molar-refractivity contribution is 0.0570. The van der Waals surface area contributed by atoms with Gasteiger partial charge in [0.25, 0.3) is 5.91 Å². The molecule has 1 amide bonds. The van der Waals surface area contributed by atoms with E-state index in [0.29, 0.717) is 48.4 Å². The van der Waals surface area contributed by atoms with Crippen LogP contribution in [-0.2, 0) is 0 Å². The van der Waals surface area contributed by atoms with Gasteiger partial charge in [-0.15, -0.1) is 0 Å². The quantitative estimate of drug-likeness (QED) is 0.728. The summed E-state index contributed by atoms with van der Waals surface area (Å²) in [6.45, 7) is 5.57. The van der Waals surface area contributed by atoms with E-state index in [4.69, 9.17) is 9.47 Å². The first-order chi connectivity index (χ1) is 14.1. The summed E-state index contributed by atoms with van der Waals surface area (Å²) in [5.41, 5.74) is 3.53. The van der Waals surface area contributed by atoms with Crippen LogP contribution in [-0.4, -0.2) is 36.1 Å². The summed E-state index contributed by atoms with van der Waals surface area (Å²) in [5, 5.41) is 0. The molecule has 29 heavy (non-hydrogen) atoms. The number of hydrogen-bond acceptors (Lipinski definition) is 3. The predicted octanol–water partition coefficient (Wildman–Crippen LogP) is 5.13. The molecule has 3 heterocycles. The largest absolute Gasteiger partial charge is 0.486 e. The van der Waals surface area contributed by atoms with E-state index in [9.17, 15) is 4.79 Å². The molecule has 1 unspecified atom stereocenters. The van der Waals surface area contributed by atoms with Crippen LogP contribution in [0.1, 0.15) is 72.9 Å². The van der Waals surface area contributed by atoms with Crippen LogP contribution in [0.2, 0.25) is 0 Å². The minimum atomic E-state index is 0.142. The standard InChI is InChI=1S/C25H29NO3/c1-16(2)17-3-5-18(6-4-17)20-13-21-8-9-22(14-20)26(21)25(27)19-7-10-23-24(15-19)29-12-11-28-23/h3-7,10,15-16,20-22H,8-9,11-14H2,1-2H3/t20?,21-,22+. The zero-order valence-corrected chi connectivity index (χ0v) is 17.3. The zero-order valence-electron chi connectivity index (χ0n) is 17.3. The number of hydrogen-bond donors (Lipinski definition) is 0. The molecule has 3 aliphatic heterocycles. The minimum Gasteiger partial charge on any atom is -0.486 e. The van der Waals surface area contributed by atoms with Gasteiger partial charge in [-0.1, -0.05) is 38.1 Å². The third kappa shape index (κ3) is 3.39. The van der Waals surface area contributed by atoms with Gasteiger partial charge >= 0.3 is 0 Å². The number of fused-ring (bicyclic) bond motifs is 3. The Labute approximate surface area is 172 Å². The number of ether oxygens (including phenoxy) is 2. The Kier molecular flexibility index (Phi) is 4.73. The van der Waals surface area contributed by atoms with Crippen molar-refractivity contribution in [1.82, 2.24) is 4.90 Å². The number of benzene rings is 2. The molecule has 2 fully saturated rings. The molecule has 0 aromatic heterocycles. The van der Waals surface area contributed by atoms with Gasteiger partial charge in [0, 0.05) is 17.6 Å². The maximum absolute atomic E-state index is 13.3. The molecule has 2 aromatic rings. The van der Waals surface area contributed by atoms with Gasteiger partial charge < -0.3 is 14.4 Å². The Balaban J connectivity index is 1.33. The fourth-order valence-corrected chi connectivity index (χ4v) is 5.26. The smallest absolute Gasteiger partial charge is 0.254 e. The summed E-state index contributed by atoms with van der Waals surface area (Å²) >= 11 is 0. The van der Waals surface area contributed by atoms with Gasteiger partial charge in [0.1, 0.15) is 13.2 Å². The Morgan fingerprint density at radius 2 is 1.59 bits per heavy atom. The number of carbonyl (C=O) groups excluding carboxylic acids is 1. The van der Waals surface area contributed by atoms with Crippen molar-refractivity contribution in [3.63, 3.8) is 0 Å². The maximum Gasteiger partial charge on any atom is 0.254 e. The van der Waals surface area contributed by atoms with E-state index in [0.717, 1.165) is 31.4 Å². The van der Waals surface area contributed by atoms with E-state index in [-0.39, 0.29) is 5.91 Å². The van der Waals surface area contributed by atoms with Gasteiger partial charge in [-0.3, -0.25) is 4.79 Å². The molecule has 2 bridgehead atoms. The van der Waals surface area contributed by atoms with Crippen LogP contribution in [0.5, 0.6) is 11.5 Å². The van der Waals surface area contributed by atoms with E-state index in [2.05, 4.69) is 43.0 Å². The molecule has 5 rings (SSSR count). The average Bonchev–Trinajstić information content (AvgIpc) is 3.02. The Morgan fingerprint density at radius 1 is 0.931 bits per heavy atom. The van der Waals surface area contributed by atoms with Gasteiger partial charge in [-0.2, -0.15) is 0 Å². The minimum absolute atomic E-state index is 0.142. The number of nitrogens with zero attached hydrogens (tertiary/aromatic N) is 1. The van der Waals surface area contributed by atoms with Crippen LogP contribution >= 0.6 is 0 Å². The molecule has 152 valence electrons. The monoisotopic (exact) mass is 391 g/mol. The van der Waals surface area contributed by atoms with Crippen LogP contribution in [0.25, 0.3) is 0 Å². The van der Waals surface area contributed by atoms with Crippen molar-refractivity contribution < 1.29 is 14.3 Å². The lowest BCUT2D eigenvalue weighted by Gasteiger charge is -2.39. The molecule has 3 aliphatic rings. The van der Waals surface area contributed by atoms with E-state index < -0.39 is 0 Å². The second kappa shape index (κ2) is 7.40. The van der Waals surface area contributed by atoms with Gasteiger partial charge in [-0.05, 0) is 66.8 Å². The lowest BCUT2D eigenvalue weighted by Crippen LogP contribution is -2.46.